The van der Waals surface area contributed by atoms with Gasteiger partial charge in [0.15, 0.2) is 11.3 Å². The molecule has 0 spiro atoms. The van der Waals surface area contributed by atoms with Gasteiger partial charge in [0.05, 0.1) is 12.5 Å². The SMILES string of the molecule is COC(=O)c1noc2cc(N3CCC(F)(F)CC3)ccc12. The fourth-order valence-electron chi connectivity index (χ4n) is 2.46. The van der Waals surface area contributed by atoms with Gasteiger partial charge in [0.2, 0.25) is 0 Å². The molecule has 0 saturated carbocycles. The summed E-state index contributed by atoms with van der Waals surface area (Å²) in [5.41, 5.74) is 1.33. The number of methoxy groups -OCH3 is 1. The number of alkyl halides is 2. The maximum atomic E-state index is 13.2. The van der Waals surface area contributed by atoms with Gasteiger partial charge in [-0.15, -0.1) is 0 Å². The maximum Gasteiger partial charge on any atom is 0.360 e. The summed E-state index contributed by atoms with van der Waals surface area (Å²) in [6, 6.07) is 5.17. The number of hydrogen-bond donors (Lipinski definition) is 0. The first-order valence-corrected chi connectivity index (χ1v) is 6.61. The Kier molecular flexibility index (Phi) is 3.27. The van der Waals surface area contributed by atoms with Crippen LogP contribution in [0.15, 0.2) is 22.7 Å². The summed E-state index contributed by atoms with van der Waals surface area (Å²) in [5.74, 6) is -3.15. The minimum atomic E-state index is -2.58. The van der Waals surface area contributed by atoms with Crippen molar-refractivity contribution in [3.8, 4) is 0 Å². The molecule has 1 aromatic carbocycles. The summed E-state index contributed by atoms with van der Waals surface area (Å²) in [7, 11) is 1.27. The number of nitrogens with zero attached hydrogens (tertiary/aromatic N) is 2. The minimum absolute atomic E-state index is 0.115. The zero-order chi connectivity index (χ0) is 15.0. The van der Waals surface area contributed by atoms with Crippen LogP contribution in [0.2, 0.25) is 0 Å². The third-order valence-corrected chi connectivity index (χ3v) is 3.69. The number of carbonyl (C=O) groups is 1. The Morgan fingerprint density at radius 1 is 1.38 bits per heavy atom. The molecule has 1 aliphatic heterocycles. The lowest BCUT2D eigenvalue weighted by Gasteiger charge is -2.33. The quantitative estimate of drug-likeness (QED) is 0.798. The molecule has 7 heteroatoms. The molecular weight excluding hydrogens is 282 g/mol. The van der Waals surface area contributed by atoms with E-state index in [9.17, 15) is 13.6 Å². The summed E-state index contributed by atoms with van der Waals surface area (Å²) in [4.78, 5) is 13.4. The Bertz CT molecular complexity index is 674. The van der Waals surface area contributed by atoms with Crippen molar-refractivity contribution in [2.24, 2.45) is 0 Å². The molecule has 1 saturated heterocycles. The number of carbonyl (C=O) groups excluding carboxylic acids is 1. The molecule has 0 atom stereocenters. The average Bonchev–Trinajstić information content (AvgIpc) is 2.89. The molecule has 0 aliphatic carbocycles. The molecule has 112 valence electrons. The molecule has 0 N–H and O–H groups in total. The lowest BCUT2D eigenvalue weighted by molar-refractivity contribution is -0.0220. The zero-order valence-corrected chi connectivity index (χ0v) is 11.4. The summed E-state index contributed by atoms with van der Waals surface area (Å²) in [5, 5.41) is 4.24. The third kappa shape index (κ3) is 2.55. The first-order chi connectivity index (χ1) is 10.00. The van der Waals surface area contributed by atoms with Crippen LogP contribution in [0.1, 0.15) is 23.3 Å². The predicted molar refractivity (Wildman–Crippen MR) is 71.7 cm³/mol. The molecule has 0 radical (unpaired) electrons. The second kappa shape index (κ2) is 4.98. The van der Waals surface area contributed by atoms with Crippen LogP contribution in [-0.4, -0.2) is 37.2 Å². The highest BCUT2D eigenvalue weighted by atomic mass is 19.3. The van der Waals surface area contributed by atoms with E-state index in [0.717, 1.165) is 5.69 Å². The molecule has 21 heavy (non-hydrogen) atoms. The van der Waals surface area contributed by atoms with Gasteiger partial charge in [0.25, 0.3) is 5.92 Å². The molecule has 3 rings (SSSR count). The number of ether oxygens (including phenoxy) is 1. The Labute approximate surface area is 119 Å². The van der Waals surface area contributed by atoms with E-state index >= 15 is 0 Å². The number of benzene rings is 1. The number of aromatic nitrogens is 1. The first-order valence-electron chi connectivity index (χ1n) is 6.61. The van der Waals surface area contributed by atoms with Crippen molar-refractivity contribution in [2.45, 2.75) is 18.8 Å². The van der Waals surface area contributed by atoms with Gasteiger partial charge in [-0.2, -0.15) is 0 Å². The van der Waals surface area contributed by atoms with Crippen LogP contribution in [-0.2, 0) is 4.74 Å². The Morgan fingerprint density at radius 3 is 2.76 bits per heavy atom. The Balaban J connectivity index is 1.87. The molecule has 1 aromatic heterocycles. The van der Waals surface area contributed by atoms with E-state index < -0.39 is 11.9 Å². The monoisotopic (exact) mass is 296 g/mol. The van der Waals surface area contributed by atoms with Crippen molar-refractivity contribution >= 4 is 22.6 Å². The molecular formula is C14H14F2N2O3. The molecule has 5 nitrogen and oxygen atoms in total. The normalized spacial score (nSPS) is 18.0. The number of piperidine rings is 1. The topological polar surface area (TPSA) is 55.6 Å². The van der Waals surface area contributed by atoms with Crippen LogP contribution < -0.4 is 4.90 Å². The Morgan fingerprint density at radius 2 is 2.10 bits per heavy atom. The van der Waals surface area contributed by atoms with Crippen LogP contribution in [0.4, 0.5) is 14.5 Å². The van der Waals surface area contributed by atoms with Crippen molar-refractivity contribution in [1.29, 1.82) is 0 Å². The molecule has 1 fully saturated rings. The number of esters is 1. The summed E-state index contributed by atoms with van der Waals surface area (Å²) in [6.07, 6.45) is -0.316. The van der Waals surface area contributed by atoms with Crippen molar-refractivity contribution in [3.63, 3.8) is 0 Å². The molecule has 2 heterocycles. The zero-order valence-electron chi connectivity index (χ0n) is 11.4. The van der Waals surface area contributed by atoms with Gasteiger partial charge >= 0.3 is 5.97 Å². The van der Waals surface area contributed by atoms with Gasteiger partial charge < -0.3 is 14.2 Å². The maximum absolute atomic E-state index is 13.2. The number of rotatable bonds is 2. The van der Waals surface area contributed by atoms with Crippen LogP contribution in [0.5, 0.6) is 0 Å². The van der Waals surface area contributed by atoms with E-state index in [0.29, 0.717) is 11.0 Å². The lowest BCUT2D eigenvalue weighted by Crippen LogP contribution is -2.39. The van der Waals surface area contributed by atoms with Crippen LogP contribution in [0.25, 0.3) is 11.0 Å². The van der Waals surface area contributed by atoms with E-state index in [1.54, 1.807) is 18.2 Å². The van der Waals surface area contributed by atoms with E-state index in [1.807, 2.05) is 4.90 Å². The number of fused-ring (bicyclic) bond motifs is 1. The summed E-state index contributed by atoms with van der Waals surface area (Å²) in [6.45, 7) is 0.576. The second-order valence-corrected chi connectivity index (χ2v) is 5.05. The number of anilines is 1. The van der Waals surface area contributed by atoms with E-state index in [-0.39, 0.29) is 31.6 Å². The van der Waals surface area contributed by atoms with Gasteiger partial charge in [0, 0.05) is 37.7 Å². The Hall–Kier alpha value is -2.18. The van der Waals surface area contributed by atoms with Crippen molar-refractivity contribution in [1.82, 2.24) is 5.16 Å². The number of halogens is 2. The van der Waals surface area contributed by atoms with Crippen LogP contribution >= 0.6 is 0 Å². The lowest BCUT2D eigenvalue weighted by atomic mass is 10.1. The number of hydrogen-bond acceptors (Lipinski definition) is 5. The smallest absolute Gasteiger partial charge is 0.360 e. The van der Waals surface area contributed by atoms with Gasteiger partial charge in [-0.3, -0.25) is 0 Å². The van der Waals surface area contributed by atoms with Crippen molar-refractivity contribution in [3.05, 3.63) is 23.9 Å². The minimum Gasteiger partial charge on any atom is -0.464 e. The fraction of sp³-hybridized carbons (Fsp3) is 0.429. The first kappa shape index (κ1) is 13.8. The summed E-state index contributed by atoms with van der Waals surface area (Å²) >= 11 is 0. The standard InChI is InChI=1S/C14H14F2N2O3/c1-20-13(19)12-10-3-2-9(8-11(10)21-17-12)18-6-4-14(15,16)5-7-18/h2-3,8H,4-7H2,1H3. The molecule has 0 unspecified atom stereocenters. The summed E-state index contributed by atoms with van der Waals surface area (Å²) < 4.78 is 36.1. The average molecular weight is 296 g/mol. The molecule has 1 aliphatic rings. The van der Waals surface area contributed by atoms with Gasteiger partial charge in [-0.1, -0.05) is 5.16 Å². The van der Waals surface area contributed by atoms with Crippen LogP contribution in [0.3, 0.4) is 0 Å². The fourth-order valence-corrected chi connectivity index (χ4v) is 2.46. The van der Waals surface area contributed by atoms with E-state index in [1.165, 1.54) is 7.11 Å². The van der Waals surface area contributed by atoms with Gasteiger partial charge in [-0.05, 0) is 12.1 Å². The van der Waals surface area contributed by atoms with Gasteiger partial charge in [0.1, 0.15) is 0 Å². The van der Waals surface area contributed by atoms with Gasteiger partial charge in [-0.25, -0.2) is 13.6 Å². The van der Waals surface area contributed by atoms with Crippen molar-refractivity contribution < 1.29 is 22.8 Å². The molecule has 0 bridgehead atoms. The van der Waals surface area contributed by atoms with Crippen molar-refractivity contribution in [2.75, 3.05) is 25.1 Å². The predicted octanol–water partition coefficient (Wildman–Crippen LogP) is 2.85. The highest BCUT2D eigenvalue weighted by Crippen LogP contribution is 2.32. The highest BCUT2D eigenvalue weighted by molar-refractivity contribution is 6.01. The van der Waals surface area contributed by atoms with Crippen LogP contribution in [0, 0.1) is 0 Å². The largest absolute Gasteiger partial charge is 0.464 e. The van der Waals surface area contributed by atoms with E-state index in [4.69, 9.17) is 4.52 Å². The second-order valence-electron chi connectivity index (χ2n) is 5.05. The molecule has 2 aromatic rings. The third-order valence-electron chi connectivity index (χ3n) is 3.69. The molecule has 0 amide bonds. The van der Waals surface area contributed by atoms with E-state index in [2.05, 4.69) is 9.89 Å². The highest BCUT2D eigenvalue weighted by Gasteiger charge is 2.34.